The largest absolute Gasteiger partial charge is 0.375 e. The number of amides is 1. The Kier molecular flexibility index (Phi) is 3.78. The first-order valence-electron chi connectivity index (χ1n) is 7.68. The van der Waals surface area contributed by atoms with Gasteiger partial charge in [0.2, 0.25) is 0 Å². The van der Waals surface area contributed by atoms with E-state index < -0.39 is 0 Å². The molecule has 20 heavy (non-hydrogen) atoms. The molecule has 0 aliphatic carbocycles. The van der Waals surface area contributed by atoms with E-state index in [1.54, 1.807) is 10.9 Å². The molecule has 5 nitrogen and oxygen atoms in total. The number of aromatic nitrogens is 2. The van der Waals surface area contributed by atoms with Gasteiger partial charge in [-0.15, -0.1) is 0 Å². The van der Waals surface area contributed by atoms with Gasteiger partial charge in [-0.25, -0.2) is 0 Å². The highest BCUT2D eigenvalue weighted by Gasteiger charge is 2.37. The van der Waals surface area contributed by atoms with E-state index in [1.165, 1.54) is 0 Å². The summed E-state index contributed by atoms with van der Waals surface area (Å²) in [5, 5.41) is 4.19. The summed E-state index contributed by atoms with van der Waals surface area (Å²) in [6.07, 6.45) is 8.94. The molecule has 0 unspecified atom stereocenters. The first kappa shape index (κ1) is 13.6. The quantitative estimate of drug-likeness (QED) is 0.831. The number of hydrogen-bond donors (Lipinski definition) is 0. The fourth-order valence-corrected chi connectivity index (χ4v) is 3.35. The highest BCUT2D eigenvalue weighted by Crippen LogP contribution is 2.35. The maximum Gasteiger partial charge on any atom is 0.257 e. The van der Waals surface area contributed by atoms with E-state index in [-0.39, 0.29) is 11.5 Å². The van der Waals surface area contributed by atoms with Crippen molar-refractivity contribution in [2.24, 2.45) is 0 Å². The summed E-state index contributed by atoms with van der Waals surface area (Å²) >= 11 is 0. The molecule has 1 spiro atoms. The lowest BCUT2D eigenvalue weighted by Gasteiger charge is -2.26. The molecule has 0 aromatic carbocycles. The van der Waals surface area contributed by atoms with E-state index in [4.69, 9.17) is 4.74 Å². The minimum atomic E-state index is 0.0582. The van der Waals surface area contributed by atoms with Crippen molar-refractivity contribution in [1.82, 2.24) is 14.7 Å². The van der Waals surface area contributed by atoms with Crippen molar-refractivity contribution in [1.29, 1.82) is 0 Å². The normalized spacial score (nSPS) is 26.9. The molecule has 1 aromatic rings. The number of nitrogens with zero attached hydrogens (tertiary/aromatic N) is 3. The summed E-state index contributed by atoms with van der Waals surface area (Å²) in [7, 11) is 0. The van der Waals surface area contributed by atoms with E-state index in [1.807, 2.05) is 18.0 Å². The van der Waals surface area contributed by atoms with E-state index in [0.717, 1.165) is 58.3 Å². The molecule has 5 heteroatoms. The second-order valence-electron chi connectivity index (χ2n) is 5.87. The Morgan fingerprint density at radius 3 is 2.90 bits per heavy atom. The van der Waals surface area contributed by atoms with Gasteiger partial charge in [-0.05, 0) is 39.0 Å². The summed E-state index contributed by atoms with van der Waals surface area (Å²) in [5.74, 6) is 0.111. The number of aryl methyl sites for hydroxylation is 1. The van der Waals surface area contributed by atoms with E-state index in [0.29, 0.717) is 5.56 Å². The first-order chi connectivity index (χ1) is 9.72. The van der Waals surface area contributed by atoms with Crippen LogP contribution in [0.3, 0.4) is 0 Å². The van der Waals surface area contributed by atoms with E-state index in [2.05, 4.69) is 5.10 Å². The zero-order chi connectivity index (χ0) is 14.0. The van der Waals surface area contributed by atoms with Crippen LogP contribution in [0.2, 0.25) is 0 Å². The Hall–Kier alpha value is -1.36. The molecule has 1 atom stereocenters. The molecule has 2 fully saturated rings. The topological polar surface area (TPSA) is 47.4 Å². The Morgan fingerprint density at radius 2 is 2.20 bits per heavy atom. The van der Waals surface area contributed by atoms with Crippen LogP contribution >= 0.6 is 0 Å². The molecule has 2 aliphatic rings. The fraction of sp³-hybridized carbons (Fsp3) is 0.733. The van der Waals surface area contributed by atoms with Gasteiger partial charge in [-0.2, -0.15) is 5.10 Å². The molecule has 2 saturated heterocycles. The lowest BCUT2D eigenvalue weighted by atomic mass is 9.92. The third-order valence-electron chi connectivity index (χ3n) is 4.57. The van der Waals surface area contributed by atoms with Gasteiger partial charge in [-0.3, -0.25) is 9.48 Å². The number of rotatable bonds is 2. The third-order valence-corrected chi connectivity index (χ3v) is 4.57. The zero-order valence-electron chi connectivity index (χ0n) is 12.2. The maximum atomic E-state index is 12.5. The van der Waals surface area contributed by atoms with Gasteiger partial charge in [0.15, 0.2) is 0 Å². The van der Waals surface area contributed by atoms with Crippen molar-refractivity contribution < 1.29 is 9.53 Å². The van der Waals surface area contributed by atoms with Gasteiger partial charge < -0.3 is 9.64 Å². The van der Waals surface area contributed by atoms with Crippen molar-refractivity contribution in [2.45, 2.75) is 51.2 Å². The Balaban J connectivity index is 1.66. The number of hydrogen-bond acceptors (Lipinski definition) is 3. The standard InChI is InChI=1S/C15H23N3O2/c1-2-18-12-13(11-16-18)14(19)17-8-3-5-15(7-9-17)6-4-10-20-15/h11-12H,2-10H2,1H3/t15-/m1/s1. The van der Waals surface area contributed by atoms with Crippen LogP contribution in [0.15, 0.2) is 12.4 Å². The average molecular weight is 277 g/mol. The number of likely N-dealkylation sites (tertiary alicyclic amines) is 1. The number of carbonyl (C=O) groups is 1. The van der Waals surface area contributed by atoms with Crippen molar-refractivity contribution in [3.8, 4) is 0 Å². The molecule has 1 aromatic heterocycles. The summed E-state index contributed by atoms with van der Waals surface area (Å²) in [5.41, 5.74) is 0.762. The predicted octanol–water partition coefficient (Wildman–Crippen LogP) is 2.08. The second kappa shape index (κ2) is 5.56. The molecule has 110 valence electrons. The molecule has 2 aliphatic heterocycles. The molecule has 0 saturated carbocycles. The highest BCUT2D eigenvalue weighted by atomic mass is 16.5. The zero-order valence-corrected chi connectivity index (χ0v) is 12.2. The lowest BCUT2D eigenvalue weighted by Crippen LogP contribution is -2.34. The van der Waals surface area contributed by atoms with Crippen LogP contribution in [0.1, 0.15) is 49.4 Å². The van der Waals surface area contributed by atoms with Gasteiger partial charge in [0.1, 0.15) is 0 Å². The van der Waals surface area contributed by atoms with E-state index in [9.17, 15) is 4.79 Å². The van der Waals surface area contributed by atoms with Crippen LogP contribution in [0.5, 0.6) is 0 Å². The fourth-order valence-electron chi connectivity index (χ4n) is 3.35. The maximum absolute atomic E-state index is 12.5. The molecule has 0 bridgehead atoms. The Morgan fingerprint density at radius 1 is 1.35 bits per heavy atom. The van der Waals surface area contributed by atoms with Crippen molar-refractivity contribution in [2.75, 3.05) is 19.7 Å². The van der Waals surface area contributed by atoms with Gasteiger partial charge in [0.25, 0.3) is 5.91 Å². The third kappa shape index (κ3) is 2.59. The summed E-state index contributed by atoms with van der Waals surface area (Å²) < 4.78 is 7.76. The van der Waals surface area contributed by atoms with Crippen LogP contribution in [0, 0.1) is 0 Å². The van der Waals surface area contributed by atoms with Crippen LogP contribution < -0.4 is 0 Å². The smallest absolute Gasteiger partial charge is 0.257 e. The van der Waals surface area contributed by atoms with Crippen LogP contribution in [-0.2, 0) is 11.3 Å². The summed E-state index contributed by atoms with van der Waals surface area (Å²) in [4.78, 5) is 14.5. The predicted molar refractivity (Wildman–Crippen MR) is 75.6 cm³/mol. The molecule has 3 heterocycles. The Labute approximate surface area is 119 Å². The molecular weight excluding hydrogens is 254 g/mol. The van der Waals surface area contributed by atoms with Crippen LogP contribution in [0.25, 0.3) is 0 Å². The van der Waals surface area contributed by atoms with Gasteiger partial charge >= 0.3 is 0 Å². The molecule has 3 rings (SSSR count). The van der Waals surface area contributed by atoms with Gasteiger partial charge in [0.05, 0.1) is 17.4 Å². The number of ether oxygens (including phenoxy) is 1. The monoisotopic (exact) mass is 277 g/mol. The minimum Gasteiger partial charge on any atom is -0.375 e. The van der Waals surface area contributed by atoms with Crippen LogP contribution in [-0.4, -0.2) is 45.9 Å². The number of carbonyl (C=O) groups excluding carboxylic acids is 1. The second-order valence-corrected chi connectivity index (χ2v) is 5.87. The van der Waals surface area contributed by atoms with Crippen molar-refractivity contribution in [3.63, 3.8) is 0 Å². The van der Waals surface area contributed by atoms with Gasteiger partial charge in [0, 0.05) is 32.4 Å². The minimum absolute atomic E-state index is 0.0582. The summed E-state index contributed by atoms with van der Waals surface area (Å²) in [6.45, 7) is 5.34. The highest BCUT2D eigenvalue weighted by molar-refractivity contribution is 5.93. The molecule has 0 N–H and O–H groups in total. The molecule has 0 radical (unpaired) electrons. The Bertz CT molecular complexity index is 477. The van der Waals surface area contributed by atoms with Crippen LogP contribution in [0.4, 0.5) is 0 Å². The van der Waals surface area contributed by atoms with Gasteiger partial charge in [-0.1, -0.05) is 0 Å². The summed E-state index contributed by atoms with van der Waals surface area (Å²) in [6, 6.07) is 0. The average Bonchev–Trinajstić information content (AvgIpc) is 3.06. The lowest BCUT2D eigenvalue weighted by molar-refractivity contribution is -0.00691. The first-order valence-corrected chi connectivity index (χ1v) is 7.68. The molecular formula is C15H23N3O2. The van der Waals surface area contributed by atoms with Crippen molar-refractivity contribution >= 4 is 5.91 Å². The van der Waals surface area contributed by atoms with E-state index >= 15 is 0 Å². The van der Waals surface area contributed by atoms with Crippen molar-refractivity contribution in [3.05, 3.63) is 18.0 Å². The SMILES string of the molecule is CCn1cc(C(=O)N2CCC[C@@]3(CCCO3)CC2)cn1. The molecule has 1 amide bonds.